The first-order valence-electron chi connectivity index (χ1n) is 6.07. The molecule has 0 amide bonds. The molecule has 0 aliphatic heterocycles. The molecule has 0 fully saturated rings. The lowest BCUT2D eigenvalue weighted by molar-refractivity contribution is 0.476. The lowest BCUT2D eigenvalue weighted by atomic mass is 10.1. The SMILES string of the molecule is CCc1ccc(CNc2cc(C)cc(C)c2)o1. The molecule has 1 heterocycles. The topological polar surface area (TPSA) is 25.2 Å². The monoisotopic (exact) mass is 229 g/mol. The molecular formula is C15H19NO. The van der Waals surface area contributed by atoms with E-state index in [1.54, 1.807) is 0 Å². The van der Waals surface area contributed by atoms with E-state index in [-0.39, 0.29) is 0 Å². The van der Waals surface area contributed by atoms with Crippen LogP contribution < -0.4 is 5.32 Å². The second-order valence-electron chi connectivity index (χ2n) is 4.45. The fourth-order valence-corrected chi connectivity index (χ4v) is 1.97. The van der Waals surface area contributed by atoms with Crippen molar-refractivity contribution in [3.05, 3.63) is 53.0 Å². The van der Waals surface area contributed by atoms with Gasteiger partial charge in [0.15, 0.2) is 0 Å². The molecule has 0 aliphatic rings. The summed E-state index contributed by atoms with van der Waals surface area (Å²) in [6, 6.07) is 10.5. The Bertz CT molecular complexity index is 479. The first kappa shape index (κ1) is 11.8. The molecule has 17 heavy (non-hydrogen) atoms. The minimum absolute atomic E-state index is 0.739. The van der Waals surface area contributed by atoms with E-state index in [2.05, 4.69) is 44.3 Å². The number of rotatable bonds is 4. The van der Waals surface area contributed by atoms with Gasteiger partial charge in [0, 0.05) is 12.1 Å². The average molecular weight is 229 g/mol. The minimum atomic E-state index is 0.739. The van der Waals surface area contributed by atoms with Crippen molar-refractivity contribution in [3.8, 4) is 0 Å². The third-order valence-electron chi connectivity index (χ3n) is 2.75. The first-order valence-corrected chi connectivity index (χ1v) is 6.07. The van der Waals surface area contributed by atoms with E-state index >= 15 is 0 Å². The summed E-state index contributed by atoms with van der Waals surface area (Å²) in [5.74, 6) is 2.03. The zero-order valence-corrected chi connectivity index (χ0v) is 10.7. The van der Waals surface area contributed by atoms with Gasteiger partial charge >= 0.3 is 0 Å². The smallest absolute Gasteiger partial charge is 0.123 e. The van der Waals surface area contributed by atoms with Crippen molar-refractivity contribution >= 4 is 5.69 Å². The fraction of sp³-hybridized carbons (Fsp3) is 0.333. The Balaban J connectivity index is 2.01. The summed E-state index contributed by atoms with van der Waals surface area (Å²) in [5.41, 5.74) is 3.71. The lowest BCUT2D eigenvalue weighted by Crippen LogP contribution is -1.98. The standard InChI is InChI=1S/C15H19NO/c1-4-14-5-6-15(17-14)10-16-13-8-11(2)7-12(3)9-13/h5-9,16H,4,10H2,1-3H3. The molecule has 0 bridgehead atoms. The molecule has 0 radical (unpaired) electrons. The fourth-order valence-electron chi connectivity index (χ4n) is 1.97. The molecule has 0 spiro atoms. The molecule has 2 heteroatoms. The van der Waals surface area contributed by atoms with Crippen LogP contribution in [0.1, 0.15) is 29.6 Å². The molecule has 0 aliphatic carbocycles. The quantitative estimate of drug-likeness (QED) is 0.854. The largest absolute Gasteiger partial charge is 0.464 e. The van der Waals surface area contributed by atoms with Gasteiger partial charge in [-0.3, -0.25) is 0 Å². The Morgan fingerprint density at radius 1 is 1.00 bits per heavy atom. The van der Waals surface area contributed by atoms with Crippen molar-refractivity contribution in [2.75, 3.05) is 5.32 Å². The summed E-state index contributed by atoms with van der Waals surface area (Å²) >= 11 is 0. The maximum atomic E-state index is 5.65. The maximum absolute atomic E-state index is 5.65. The molecule has 0 unspecified atom stereocenters. The Morgan fingerprint density at radius 2 is 1.65 bits per heavy atom. The summed E-state index contributed by atoms with van der Waals surface area (Å²) in [4.78, 5) is 0. The number of hydrogen-bond acceptors (Lipinski definition) is 2. The highest BCUT2D eigenvalue weighted by Gasteiger charge is 2.01. The summed E-state index contributed by atoms with van der Waals surface area (Å²) < 4.78 is 5.65. The van der Waals surface area contributed by atoms with E-state index < -0.39 is 0 Å². The van der Waals surface area contributed by atoms with Crippen molar-refractivity contribution in [2.45, 2.75) is 33.7 Å². The van der Waals surface area contributed by atoms with Gasteiger partial charge in [-0.1, -0.05) is 13.0 Å². The van der Waals surface area contributed by atoms with E-state index in [0.29, 0.717) is 0 Å². The highest BCUT2D eigenvalue weighted by Crippen LogP contribution is 2.16. The normalized spacial score (nSPS) is 10.5. The molecule has 0 saturated carbocycles. The van der Waals surface area contributed by atoms with Gasteiger partial charge in [-0.15, -0.1) is 0 Å². The highest BCUT2D eigenvalue weighted by molar-refractivity contribution is 5.48. The van der Waals surface area contributed by atoms with Crippen molar-refractivity contribution in [1.29, 1.82) is 0 Å². The number of anilines is 1. The predicted octanol–water partition coefficient (Wildman–Crippen LogP) is 4.07. The van der Waals surface area contributed by atoms with Crippen LogP contribution in [-0.4, -0.2) is 0 Å². The third kappa shape index (κ3) is 3.13. The number of hydrogen-bond donors (Lipinski definition) is 1. The number of aryl methyl sites for hydroxylation is 3. The average Bonchev–Trinajstić information content (AvgIpc) is 2.73. The van der Waals surface area contributed by atoms with E-state index in [1.807, 2.05) is 12.1 Å². The summed E-state index contributed by atoms with van der Waals surface area (Å²) in [7, 11) is 0. The minimum Gasteiger partial charge on any atom is -0.464 e. The van der Waals surface area contributed by atoms with Crippen LogP contribution in [0, 0.1) is 13.8 Å². The molecule has 2 rings (SSSR count). The Labute approximate surface area is 103 Å². The van der Waals surface area contributed by atoms with E-state index in [4.69, 9.17) is 4.42 Å². The van der Waals surface area contributed by atoms with Gasteiger partial charge in [-0.2, -0.15) is 0 Å². The van der Waals surface area contributed by atoms with Crippen LogP contribution in [0.4, 0.5) is 5.69 Å². The van der Waals surface area contributed by atoms with Crippen molar-refractivity contribution in [3.63, 3.8) is 0 Å². The van der Waals surface area contributed by atoms with Crippen LogP contribution in [0.2, 0.25) is 0 Å². The Morgan fingerprint density at radius 3 is 2.24 bits per heavy atom. The number of furan rings is 1. The third-order valence-corrected chi connectivity index (χ3v) is 2.75. The highest BCUT2D eigenvalue weighted by atomic mass is 16.3. The van der Waals surface area contributed by atoms with Crippen LogP contribution in [0.3, 0.4) is 0 Å². The number of benzene rings is 1. The van der Waals surface area contributed by atoms with Gasteiger partial charge in [0.05, 0.1) is 6.54 Å². The van der Waals surface area contributed by atoms with Gasteiger partial charge in [-0.05, 0) is 49.2 Å². The summed E-state index contributed by atoms with van der Waals surface area (Å²) in [6.45, 7) is 7.06. The van der Waals surface area contributed by atoms with Gasteiger partial charge in [0.2, 0.25) is 0 Å². The Hall–Kier alpha value is -1.70. The second kappa shape index (κ2) is 5.09. The molecule has 1 N–H and O–H groups in total. The predicted molar refractivity (Wildman–Crippen MR) is 71.3 cm³/mol. The van der Waals surface area contributed by atoms with Crippen LogP contribution in [0.5, 0.6) is 0 Å². The lowest BCUT2D eigenvalue weighted by Gasteiger charge is -2.07. The summed E-state index contributed by atoms with van der Waals surface area (Å²) in [5, 5.41) is 3.39. The van der Waals surface area contributed by atoms with Gasteiger partial charge < -0.3 is 9.73 Å². The molecular weight excluding hydrogens is 210 g/mol. The molecule has 1 aromatic heterocycles. The zero-order chi connectivity index (χ0) is 12.3. The van der Waals surface area contributed by atoms with Crippen LogP contribution >= 0.6 is 0 Å². The van der Waals surface area contributed by atoms with Crippen LogP contribution in [0.15, 0.2) is 34.7 Å². The maximum Gasteiger partial charge on any atom is 0.123 e. The molecule has 90 valence electrons. The molecule has 2 nitrogen and oxygen atoms in total. The van der Waals surface area contributed by atoms with Crippen molar-refractivity contribution in [1.82, 2.24) is 0 Å². The van der Waals surface area contributed by atoms with Gasteiger partial charge in [0.25, 0.3) is 0 Å². The molecule has 0 atom stereocenters. The molecule has 1 aromatic carbocycles. The van der Waals surface area contributed by atoms with Crippen LogP contribution in [-0.2, 0) is 13.0 Å². The van der Waals surface area contributed by atoms with Gasteiger partial charge in [-0.25, -0.2) is 0 Å². The first-order chi connectivity index (χ1) is 8.17. The van der Waals surface area contributed by atoms with Gasteiger partial charge in [0.1, 0.15) is 11.5 Å². The molecule has 2 aromatic rings. The van der Waals surface area contributed by atoms with Crippen LogP contribution in [0.25, 0.3) is 0 Å². The Kier molecular flexibility index (Phi) is 3.52. The van der Waals surface area contributed by atoms with Crippen molar-refractivity contribution < 1.29 is 4.42 Å². The second-order valence-corrected chi connectivity index (χ2v) is 4.45. The van der Waals surface area contributed by atoms with E-state index in [0.717, 1.165) is 30.2 Å². The number of nitrogens with one attached hydrogen (secondary N) is 1. The molecule has 0 saturated heterocycles. The van der Waals surface area contributed by atoms with E-state index in [9.17, 15) is 0 Å². The van der Waals surface area contributed by atoms with E-state index in [1.165, 1.54) is 11.1 Å². The van der Waals surface area contributed by atoms with Crippen molar-refractivity contribution in [2.24, 2.45) is 0 Å². The summed E-state index contributed by atoms with van der Waals surface area (Å²) in [6.07, 6.45) is 0.948. The zero-order valence-electron chi connectivity index (χ0n) is 10.7.